The summed E-state index contributed by atoms with van der Waals surface area (Å²) in [6.45, 7) is 3.18. The van der Waals surface area contributed by atoms with Gasteiger partial charge in [-0.2, -0.15) is 5.26 Å². The molecule has 29 heavy (non-hydrogen) atoms. The summed E-state index contributed by atoms with van der Waals surface area (Å²) in [4.78, 5) is 40.4. The lowest BCUT2D eigenvalue weighted by Crippen LogP contribution is -2.30. The number of carbonyl (C=O) groups excluding carboxylic acids is 3. The lowest BCUT2D eigenvalue weighted by atomic mass is 10.2. The number of nitrogens with zero attached hydrogens (tertiary/aromatic N) is 2. The Morgan fingerprint density at radius 2 is 1.97 bits per heavy atom. The van der Waals surface area contributed by atoms with Crippen molar-refractivity contribution in [2.75, 3.05) is 39.1 Å². The Morgan fingerprint density at radius 3 is 2.62 bits per heavy atom. The normalized spacial score (nSPS) is 10.4. The maximum atomic E-state index is 12.3. The molecule has 0 saturated carbocycles. The maximum absolute atomic E-state index is 12.3. The Labute approximate surface area is 177 Å². The van der Waals surface area contributed by atoms with Gasteiger partial charge in [0.05, 0.1) is 23.1 Å². The van der Waals surface area contributed by atoms with Crippen LogP contribution >= 0.6 is 22.7 Å². The molecule has 0 bridgehead atoms. The fourth-order valence-electron chi connectivity index (χ4n) is 2.28. The van der Waals surface area contributed by atoms with Gasteiger partial charge in [-0.25, -0.2) is 4.79 Å². The summed E-state index contributed by atoms with van der Waals surface area (Å²) in [5, 5.41) is 14.4. The predicted octanol–water partition coefficient (Wildman–Crippen LogP) is 2.80. The van der Waals surface area contributed by atoms with Crippen molar-refractivity contribution in [3.8, 4) is 15.8 Å². The van der Waals surface area contributed by atoms with E-state index in [-0.39, 0.29) is 24.5 Å². The zero-order valence-electron chi connectivity index (χ0n) is 16.4. The Hall–Kier alpha value is -2.74. The molecule has 0 aliphatic carbocycles. The lowest BCUT2D eigenvalue weighted by molar-refractivity contribution is -0.115. The first-order valence-corrected chi connectivity index (χ1v) is 10.5. The molecular weight excluding hydrogens is 412 g/mol. The largest absolute Gasteiger partial charge is 0.462 e. The highest BCUT2D eigenvalue weighted by Crippen LogP contribution is 2.39. The molecule has 2 heterocycles. The Morgan fingerprint density at radius 1 is 1.21 bits per heavy atom. The van der Waals surface area contributed by atoms with Gasteiger partial charge in [0.2, 0.25) is 5.91 Å². The number of anilines is 1. The first-order chi connectivity index (χ1) is 13.8. The third-order valence-electron chi connectivity index (χ3n) is 3.64. The number of thiophene rings is 2. The van der Waals surface area contributed by atoms with Gasteiger partial charge in [0.25, 0.3) is 5.91 Å². The second-order valence-corrected chi connectivity index (χ2v) is 8.32. The van der Waals surface area contributed by atoms with E-state index < -0.39 is 11.9 Å². The van der Waals surface area contributed by atoms with E-state index in [9.17, 15) is 14.4 Å². The van der Waals surface area contributed by atoms with Gasteiger partial charge in [0, 0.05) is 22.8 Å². The van der Waals surface area contributed by atoms with Crippen LogP contribution in [0.15, 0.2) is 18.2 Å². The van der Waals surface area contributed by atoms with Crippen molar-refractivity contribution < 1.29 is 19.1 Å². The van der Waals surface area contributed by atoms with E-state index in [1.807, 2.05) is 19.0 Å². The average Bonchev–Trinajstić information content (AvgIpc) is 3.29. The number of rotatable bonds is 9. The number of ether oxygens (including phenoxy) is 1. The third-order valence-corrected chi connectivity index (χ3v) is 5.97. The molecule has 0 unspecified atom stereocenters. The number of nitrogens with one attached hydrogen (secondary N) is 2. The van der Waals surface area contributed by atoms with Gasteiger partial charge in [0.1, 0.15) is 11.4 Å². The zero-order chi connectivity index (χ0) is 21.4. The molecule has 0 aromatic carbocycles. The summed E-state index contributed by atoms with van der Waals surface area (Å²) in [5.41, 5.74) is 0.225. The second kappa shape index (κ2) is 10.7. The van der Waals surface area contributed by atoms with Gasteiger partial charge >= 0.3 is 5.97 Å². The molecule has 0 saturated heterocycles. The van der Waals surface area contributed by atoms with Gasteiger partial charge in [-0.3, -0.25) is 9.59 Å². The van der Waals surface area contributed by atoms with E-state index in [0.717, 1.165) is 16.3 Å². The van der Waals surface area contributed by atoms with E-state index in [0.29, 0.717) is 16.4 Å². The fourth-order valence-corrected chi connectivity index (χ4v) is 4.35. The molecule has 8 nitrogen and oxygen atoms in total. The van der Waals surface area contributed by atoms with Crippen LogP contribution in [0.4, 0.5) is 5.00 Å². The first-order valence-electron chi connectivity index (χ1n) is 8.86. The molecule has 0 radical (unpaired) electrons. The molecule has 0 aliphatic heterocycles. The molecule has 2 amide bonds. The number of hydrogen-bond donors (Lipinski definition) is 2. The van der Waals surface area contributed by atoms with E-state index in [2.05, 4.69) is 10.6 Å². The van der Waals surface area contributed by atoms with E-state index in [1.54, 1.807) is 31.2 Å². The van der Waals surface area contributed by atoms with Crippen LogP contribution in [0.3, 0.4) is 0 Å². The van der Waals surface area contributed by atoms with Crippen molar-refractivity contribution in [2.24, 2.45) is 0 Å². The van der Waals surface area contributed by atoms with Crippen LogP contribution in [0.25, 0.3) is 9.75 Å². The SMILES string of the molecule is CCOC(=O)c1cc(-c2ccc(C(=O)NCCN(C)C)s2)sc1NC(=O)CC#N. The summed E-state index contributed by atoms with van der Waals surface area (Å²) in [6.07, 6.45) is -0.314. The first kappa shape index (κ1) is 22.5. The van der Waals surface area contributed by atoms with Crippen LogP contribution in [-0.2, 0) is 9.53 Å². The summed E-state index contributed by atoms with van der Waals surface area (Å²) < 4.78 is 5.05. The zero-order valence-corrected chi connectivity index (χ0v) is 18.0. The lowest BCUT2D eigenvalue weighted by Gasteiger charge is -2.09. The van der Waals surface area contributed by atoms with Crippen LogP contribution in [0.2, 0.25) is 0 Å². The Balaban J connectivity index is 2.22. The second-order valence-electron chi connectivity index (χ2n) is 6.18. The number of hydrogen-bond acceptors (Lipinski definition) is 8. The molecule has 2 aromatic rings. The van der Waals surface area contributed by atoms with Crippen molar-refractivity contribution in [3.05, 3.63) is 28.6 Å². The number of nitriles is 1. The molecule has 0 atom stereocenters. The van der Waals surface area contributed by atoms with Crippen molar-refractivity contribution in [2.45, 2.75) is 13.3 Å². The van der Waals surface area contributed by atoms with Gasteiger partial charge in [-0.05, 0) is 39.2 Å². The van der Waals surface area contributed by atoms with Crippen LogP contribution in [0.5, 0.6) is 0 Å². The van der Waals surface area contributed by atoms with Crippen LogP contribution in [0, 0.1) is 11.3 Å². The van der Waals surface area contributed by atoms with E-state index in [4.69, 9.17) is 10.00 Å². The van der Waals surface area contributed by atoms with Gasteiger partial charge in [-0.15, -0.1) is 22.7 Å². The quantitative estimate of drug-likeness (QED) is 0.587. The molecule has 0 fully saturated rings. The molecule has 0 aliphatic rings. The van der Waals surface area contributed by atoms with Crippen molar-refractivity contribution in [1.29, 1.82) is 5.26 Å². The fraction of sp³-hybridized carbons (Fsp3) is 0.368. The number of esters is 1. The number of likely N-dealkylation sites (N-methyl/N-ethyl adjacent to an activating group) is 1. The smallest absolute Gasteiger partial charge is 0.341 e. The van der Waals surface area contributed by atoms with Gasteiger partial charge in [0.15, 0.2) is 0 Å². The van der Waals surface area contributed by atoms with Crippen LogP contribution in [-0.4, -0.2) is 56.5 Å². The molecule has 2 N–H and O–H groups in total. The minimum absolute atomic E-state index is 0.159. The van der Waals surface area contributed by atoms with Gasteiger partial charge in [-0.1, -0.05) is 0 Å². The van der Waals surface area contributed by atoms with Crippen molar-refractivity contribution in [3.63, 3.8) is 0 Å². The van der Waals surface area contributed by atoms with E-state index >= 15 is 0 Å². The maximum Gasteiger partial charge on any atom is 0.341 e. The molecule has 2 aromatic heterocycles. The summed E-state index contributed by atoms with van der Waals surface area (Å²) >= 11 is 2.49. The van der Waals surface area contributed by atoms with Crippen molar-refractivity contribution >= 4 is 45.5 Å². The van der Waals surface area contributed by atoms with Gasteiger partial charge < -0.3 is 20.3 Å². The highest BCUT2D eigenvalue weighted by atomic mass is 32.1. The van der Waals surface area contributed by atoms with E-state index in [1.165, 1.54) is 22.7 Å². The average molecular weight is 435 g/mol. The molecule has 154 valence electrons. The Bertz CT molecular complexity index is 927. The van der Waals surface area contributed by atoms with Crippen molar-refractivity contribution in [1.82, 2.24) is 10.2 Å². The number of carbonyl (C=O) groups is 3. The Kier molecular flexibility index (Phi) is 8.33. The monoisotopic (exact) mass is 434 g/mol. The topological polar surface area (TPSA) is 112 Å². The van der Waals surface area contributed by atoms with Crippen LogP contribution < -0.4 is 10.6 Å². The standard InChI is InChI=1S/C19H22N4O4S2/c1-4-27-19(26)12-11-15(29-18(12)22-16(24)7-8-20)13-5-6-14(28-13)17(25)21-9-10-23(2)3/h5-6,11H,4,7,9-10H2,1-3H3,(H,21,25)(H,22,24). The minimum atomic E-state index is -0.555. The molecular formula is C19H22N4O4S2. The predicted molar refractivity (Wildman–Crippen MR) is 113 cm³/mol. The third kappa shape index (κ3) is 6.39. The highest BCUT2D eigenvalue weighted by molar-refractivity contribution is 7.25. The summed E-state index contributed by atoms with van der Waals surface area (Å²) in [5.74, 6) is -1.22. The summed E-state index contributed by atoms with van der Waals surface area (Å²) in [6, 6.07) is 6.92. The molecule has 2 rings (SSSR count). The molecule has 0 spiro atoms. The van der Waals surface area contributed by atoms with Crippen LogP contribution in [0.1, 0.15) is 33.4 Å². The minimum Gasteiger partial charge on any atom is -0.462 e. The summed E-state index contributed by atoms with van der Waals surface area (Å²) in [7, 11) is 3.86. The molecule has 10 heteroatoms. The highest BCUT2D eigenvalue weighted by Gasteiger charge is 2.21. The number of amides is 2.